The summed E-state index contributed by atoms with van der Waals surface area (Å²) in [6, 6.07) is 1.67. The van der Waals surface area contributed by atoms with E-state index >= 15 is 0 Å². The van der Waals surface area contributed by atoms with Crippen LogP contribution in [0.25, 0.3) is 0 Å². The SMILES string of the molecule is CCCNC(=O)CCNc1cc(Cl)nc(C(C)(C)C)n1. The van der Waals surface area contributed by atoms with Crippen molar-refractivity contribution in [3.8, 4) is 0 Å². The van der Waals surface area contributed by atoms with E-state index in [4.69, 9.17) is 11.6 Å². The number of carbonyl (C=O) groups excluding carboxylic acids is 1. The van der Waals surface area contributed by atoms with E-state index in [-0.39, 0.29) is 11.3 Å². The topological polar surface area (TPSA) is 66.9 Å². The smallest absolute Gasteiger partial charge is 0.221 e. The number of halogens is 1. The van der Waals surface area contributed by atoms with Gasteiger partial charge in [-0.1, -0.05) is 39.3 Å². The molecule has 1 aromatic heterocycles. The molecule has 6 heteroatoms. The molecule has 0 unspecified atom stereocenters. The van der Waals surface area contributed by atoms with E-state index < -0.39 is 0 Å². The number of nitrogens with one attached hydrogen (secondary N) is 2. The summed E-state index contributed by atoms with van der Waals surface area (Å²) in [4.78, 5) is 20.1. The second-order valence-electron chi connectivity index (χ2n) is 5.68. The maximum atomic E-state index is 11.5. The number of hydrogen-bond acceptors (Lipinski definition) is 4. The van der Waals surface area contributed by atoms with Crippen molar-refractivity contribution in [2.24, 2.45) is 0 Å². The molecule has 20 heavy (non-hydrogen) atoms. The first-order valence-electron chi connectivity index (χ1n) is 6.88. The van der Waals surface area contributed by atoms with Crippen molar-refractivity contribution in [3.63, 3.8) is 0 Å². The zero-order chi connectivity index (χ0) is 15.2. The van der Waals surface area contributed by atoms with Gasteiger partial charge in [-0.25, -0.2) is 9.97 Å². The molecular formula is C14H23ClN4O. The minimum Gasteiger partial charge on any atom is -0.369 e. The zero-order valence-corrected chi connectivity index (χ0v) is 13.3. The molecule has 1 heterocycles. The Morgan fingerprint density at radius 2 is 2.00 bits per heavy atom. The van der Waals surface area contributed by atoms with Gasteiger partial charge in [0.15, 0.2) is 0 Å². The van der Waals surface area contributed by atoms with Crippen LogP contribution in [0.4, 0.5) is 5.82 Å². The number of anilines is 1. The summed E-state index contributed by atoms with van der Waals surface area (Å²) in [7, 11) is 0. The average Bonchev–Trinajstić information content (AvgIpc) is 2.34. The van der Waals surface area contributed by atoms with Crippen LogP contribution < -0.4 is 10.6 Å². The minimum atomic E-state index is -0.167. The lowest BCUT2D eigenvalue weighted by molar-refractivity contribution is -0.120. The summed E-state index contributed by atoms with van der Waals surface area (Å²) in [6.45, 7) is 9.34. The molecule has 0 aromatic carbocycles. The highest BCUT2D eigenvalue weighted by atomic mass is 35.5. The second-order valence-corrected chi connectivity index (χ2v) is 6.06. The quantitative estimate of drug-likeness (QED) is 0.793. The number of carbonyl (C=O) groups is 1. The fourth-order valence-corrected chi connectivity index (χ4v) is 1.68. The molecule has 5 nitrogen and oxygen atoms in total. The van der Waals surface area contributed by atoms with Gasteiger partial charge < -0.3 is 10.6 Å². The summed E-state index contributed by atoms with van der Waals surface area (Å²) in [6.07, 6.45) is 1.35. The Hall–Kier alpha value is -1.36. The van der Waals surface area contributed by atoms with Gasteiger partial charge in [0.25, 0.3) is 0 Å². The molecule has 1 rings (SSSR count). The largest absolute Gasteiger partial charge is 0.369 e. The first-order chi connectivity index (χ1) is 9.32. The van der Waals surface area contributed by atoms with Crippen molar-refractivity contribution < 1.29 is 4.79 Å². The Bertz CT molecular complexity index is 457. The third-order valence-corrected chi connectivity index (χ3v) is 2.79. The van der Waals surface area contributed by atoms with Crippen molar-refractivity contribution in [3.05, 3.63) is 17.0 Å². The molecule has 0 aliphatic heterocycles. The number of aromatic nitrogens is 2. The molecular weight excluding hydrogens is 276 g/mol. The van der Waals surface area contributed by atoms with Crippen LogP contribution in [0.15, 0.2) is 6.07 Å². The molecule has 0 aliphatic carbocycles. The van der Waals surface area contributed by atoms with Crippen LogP contribution in [0.5, 0.6) is 0 Å². The molecule has 1 aromatic rings. The molecule has 0 saturated carbocycles. The third kappa shape index (κ3) is 5.74. The van der Waals surface area contributed by atoms with E-state index in [2.05, 4.69) is 20.6 Å². The van der Waals surface area contributed by atoms with Crippen LogP contribution in [-0.2, 0) is 10.2 Å². The Morgan fingerprint density at radius 1 is 1.30 bits per heavy atom. The van der Waals surface area contributed by atoms with Gasteiger partial charge in [-0.05, 0) is 6.42 Å². The number of amides is 1. The molecule has 0 fully saturated rings. The van der Waals surface area contributed by atoms with Crippen molar-refractivity contribution in [1.29, 1.82) is 0 Å². The first kappa shape index (κ1) is 16.7. The normalized spacial score (nSPS) is 11.2. The van der Waals surface area contributed by atoms with Crippen molar-refractivity contribution in [2.45, 2.75) is 46.0 Å². The number of rotatable bonds is 6. The Balaban J connectivity index is 2.56. The lowest BCUT2D eigenvalue weighted by Gasteiger charge is -2.17. The van der Waals surface area contributed by atoms with Crippen molar-refractivity contribution >= 4 is 23.3 Å². The molecule has 2 N–H and O–H groups in total. The molecule has 0 aliphatic rings. The van der Waals surface area contributed by atoms with Crippen LogP contribution in [-0.4, -0.2) is 29.0 Å². The molecule has 0 spiro atoms. The van der Waals surface area contributed by atoms with E-state index in [1.807, 2.05) is 27.7 Å². The van der Waals surface area contributed by atoms with Gasteiger partial charge in [-0.15, -0.1) is 0 Å². The van der Waals surface area contributed by atoms with Gasteiger partial charge >= 0.3 is 0 Å². The number of hydrogen-bond donors (Lipinski definition) is 2. The molecule has 112 valence electrons. The highest BCUT2D eigenvalue weighted by molar-refractivity contribution is 6.29. The first-order valence-corrected chi connectivity index (χ1v) is 7.26. The fourth-order valence-electron chi connectivity index (χ4n) is 1.50. The highest BCUT2D eigenvalue weighted by Gasteiger charge is 2.18. The Labute approximate surface area is 125 Å². The maximum Gasteiger partial charge on any atom is 0.221 e. The molecule has 0 atom stereocenters. The van der Waals surface area contributed by atoms with E-state index in [9.17, 15) is 4.79 Å². The van der Waals surface area contributed by atoms with Gasteiger partial charge in [0.05, 0.1) is 0 Å². The minimum absolute atomic E-state index is 0.0375. The van der Waals surface area contributed by atoms with Crippen LogP contribution in [0, 0.1) is 0 Å². The third-order valence-electron chi connectivity index (χ3n) is 2.60. The van der Waals surface area contributed by atoms with E-state index in [1.54, 1.807) is 6.07 Å². The zero-order valence-electron chi connectivity index (χ0n) is 12.6. The Morgan fingerprint density at radius 3 is 2.60 bits per heavy atom. The van der Waals surface area contributed by atoms with Crippen LogP contribution in [0.2, 0.25) is 5.15 Å². The van der Waals surface area contributed by atoms with Crippen LogP contribution >= 0.6 is 11.6 Å². The summed E-state index contributed by atoms with van der Waals surface area (Å²) in [5.74, 6) is 1.37. The van der Waals surface area contributed by atoms with Crippen LogP contribution in [0.1, 0.15) is 46.4 Å². The summed E-state index contributed by atoms with van der Waals surface area (Å²) < 4.78 is 0. The maximum absolute atomic E-state index is 11.5. The standard InChI is InChI=1S/C14H23ClN4O/c1-5-7-17-12(20)6-8-16-11-9-10(15)18-13(19-11)14(2,3)4/h9H,5-8H2,1-4H3,(H,17,20)(H,16,18,19). The summed E-state index contributed by atoms with van der Waals surface area (Å²) in [5, 5.41) is 6.34. The van der Waals surface area contributed by atoms with Gasteiger partial charge in [0.1, 0.15) is 16.8 Å². The predicted octanol–water partition coefficient (Wildman–Crippen LogP) is 2.76. The van der Waals surface area contributed by atoms with E-state index in [0.717, 1.165) is 6.42 Å². The van der Waals surface area contributed by atoms with E-state index in [1.165, 1.54) is 0 Å². The van der Waals surface area contributed by atoms with Crippen LogP contribution in [0.3, 0.4) is 0 Å². The van der Waals surface area contributed by atoms with Gasteiger partial charge in [0.2, 0.25) is 5.91 Å². The number of nitrogens with zero attached hydrogens (tertiary/aromatic N) is 2. The Kier molecular flexibility index (Phi) is 6.20. The lowest BCUT2D eigenvalue weighted by Crippen LogP contribution is -2.26. The van der Waals surface area contributed by atoms with Gasteiger partial charge in [-0.2, -0.15) is 0 Å². The molecule has 0 radical (unpaired) electrons. The second kappa shape index (κ2) is 7.43. The van der Waals surface area contributed by atoms with Gasteiger partial charge in [-0.3, -0.25) is 4.79 Å². The lowest BCUT2D eigenvalue weighted by atomic mass is 9.96. The molecule has 0 bridgehead atoms. The monoisotopic (exact) mass is 298 g/mol. The van der Waals surface area contributed by atoms with E-state index in [0.29, 0.717) is 36.3 Å². The molecule has 0 saturated heterocycles. The summed E-state index contributed by atoms with van der Waals surface area (Å²) >= 11 is 6.00. The highest BCUT2D eigenvalue weighted by Crippen LogP contribution is 2.22. The summed E-state index contributed by atoms with van der Waals surface area (Å²) in [5.41, 5.74) is -0.167. The van der Waals surface area contributed by atoms with Gasteiger partial charge in [0, 0.05) is 31.0 Å². The van der Waals surface area contributed by atoms with Crippen molar-refractivity contribution in [1.82, 2.24) is 15.3 Å². The fraction of sp³-hybridized carbons (Fsp3) is 0.643. The van der Waals surface area contributed by atoms with Crippen molar-refractivity contribution in [2.75, 3.05) is 18.4 Å². The molecule has 1 amide bonds. The average molecular weight is 299 g/mol. The predicted molar refractivity (Wildman–Crippen MR) is 82.1 cm³/mol.